The number of Topliss-reactive ketones (excluding diaryl/α,β-unsaturated/α-hetero) is 1. The van der Waals surface area contributed by atoms with E-state index in [1.54, 1.807) is 0 Å². The van der Waals surface area contributed by atoms with Crippen molar-refractivity contribution in [3.63, 3.8) is 0 Å². The van der Waals surface area contributed by atoms with Gasteiger partial charge in [0.2, 0.25) is 0 Å². The molecule has 2 atom stereocenters. The van der Waals surface area contributed by atoms with Crippen LogP contribution in [0.5, 0.6) is 0 Å². The van der Waals surface area contributed by atoms with E-state index in [4.69, 9.17) is 4.74 Å². The number of ketones is 1. The van der Waals surface area contributed by atoms with Crippen LogP contribution in [-0.4, -0.2) is 24.5 Å². The molecule has 0 aliphatic rings. The smallest absolute Gasteiger partial charge is 0.316 e. The highest BCUT2D eigenvalue weighted by molar-refractivity contribution is 6.00. The number of carbonyl (C=O) groups excluding carboxylic acids is 2. The van der Waals surface area contributed by atoms with Crippen LogP contribution in [0.1, 0.15) is 27.7 Å². The average molecular weight is 204 g/mol. The highest BCUT2D eigenvalue weighted by Gasteiger charge is 2.27. The van der Waals surface area contributed by atoms with Crippen LogP contribution in [0.4, 0.5) is 4.39 Å². The third kappa shape index (κ3) is 4.35. The van der Waals surface area contributed by atoms with Crippen molar-refractivity contribution in [3.8, 4) is 0 Å². The van der Waals surface area contributed by atoms with Crippen LogP contribution >= 0.6 is 0 Å². The van der Waals surface area contributed by atoms with Gasteiger partial charge in [-0.25, -0.2) is 4.39 Å². The molecular formula is C10H17FO3. The van der Waals surface area contributed by atoms with E-state index >= 15 is 0 Å². The van der Waals surface area contributed by atoms with Gasteiger partial charge >= 0.3 is 5.97 Å². The lowest BCUT2D eigenvalue weighted by molar-refractivity contribution is -0.153. The number of carbonyl (C=O) groups is 2. The van der Waals surface area contributed by atoms with Crippen LogP contribution in [0.15, 0.2) is 0 Å². The molecule has 2 unspecified atom stereocenters. The van der Waals surface area contributed by atoms with Gasteiger partial charge in [-0.05, 0) is 19.8 Å². The minimum absolute atomic E-state index is 0.212. The highest BCUT2D eigenvalue weighted by atomic mass is 19.1. The number of hydrogen-bond donors (Lipinski definition) is 0. The summed E-state index contributed by atoms with van der Waals surface area (Å²) in [6, 6.07) is 0. The normalized spacial score (nSPS) is 15.0. The van der Waals surface area contributed by atoms with Gasteiger partial charge in [-0.15, -0.1) is 0 Å². The van der Waals surface area contributed by atoms with Gasteiger partial charge < -0.3 is 4.74 Å². The quantitative estimate of drug-likeness (QED) is 0.506. The summed E-state index contributed by atoms with van der Waals surface area (Å²) in [5.74, 6) is -2.16. The molecule has 0 N–H and O–H groups in total. The SMILES string of the molecule is CC(C)COC(=O)C(C)C(=O)C(C)F. The molecule has 0 aromatic heterocycles. The topological polar surface area (TPSA) is 43.4 Å². The van der Waals surface area contributed by atoms with Gasteiger partial charge in [0.05, 0.1) is 6.61 Å². The van der Waals surface area contributed by atoms with E-state index in [0.29, 0.717) is 0 Å². The monoisotopic (exact) mass is 204 g/mol. The summed E-state index contributed by atoms with van der Waals surface area (Å²) in [7, 11) is 0. The third-order valence-corrected chi connectivity index (χ3v) is 1.73. The molecule has 0 aromatic rings. The van der Waals surface area contributed by atoms with Crippen LogP contribution < -0.4 is 0 Å². The molecule has 0 aromatic carbocycles. The molecule has 82 valence electrons. The van der Waals surface area contributed by atoms with Crippen LogP contribution in [0.2, 0.25) is 0 Å². The second-order valence-corrected chi connectivity index (χ2v) is 3.76. The first-order chi connectivity index (χ1) is 6.36. The zero-order chi connectivity index (χ0) is 11.3. The Hall–Kier alpha value is -0.930. The summed E-state index contributed by atoms with van der Waals surface area (Å²) >= 11 is 0. The second kappa shape index (κ2) is 5.73. The molecule has 0 saturated carbocycles. The van der Waals surface area contributed by atoms with E-state index in [1.807, 2.05) is 13.8 Å². The second-order valence-electron chi connectivity index (χ2n) is 3.76. The van der Waals surface area contributed by atoms with Crippen molar-refractivity contribution < 1.29 is 18.7 Å². The molecular weight excluding hydrogens is 187 g/mol. The fourth-order valence-corrected chi connectivity index (χ4v) is 0.834. The van der Waals surface area contributed by atoms with Crippen molar-refractivity contribution in [2.75, 3.05) is 6.61 Å². The van der Waals surface area contributed by atoms with E-state index in [1.165, 1.54) is 6.92 Å². The first-order valence-electron chi connectivity index (χ1n) is 4.70. The Morgan fingerprint density at radius 1 is 1.21 bits per heavy atom. The van der Waals surface area contributed by atoms with Crippen molar-refractivity contribution in [2.24, 2.45) is 11.8 Å². The molecule has 0 aliphatic carbocycles. The first-order valence-corrected chi connectivity index (χ1v) is 4.70. The minimum atomic E-state index is -1.61. The molecule has 0 radical (unpaired) electrons. The lowest BCUT2D eigenvalue weighted by Crippen LogP contribution is -2.29. The molecule has 14 heavy (non-hydrogen) atoms. The van der Waals surface area contributed by atoms with Crippen LogP contribution in [0, 0.1) is 11.8 Å². The predicted octanol–water partition coefficient (Wildman–Crippen LogP) is 1.75. The number of rotatable bonds is 5. The predicted molar refractivity (Wildman–Crippen MR) is 50.5 cm³/mol. The van der Waals surface area contributed by atoms with Crippen molar-refractivity contribution in [3.05, 3.63) is 0 Å². The molecule has 0 saturated heterocycles. The van der Waals surface area contributed by atoms with Crippen molar-refractivity contribution in [1.82, 2.24) is 0 Å². The summed E-state index contributed by atoms with van der Waals surface area (Å²) in [5, 5.41) is 0. The van der Waals surface area contributed by atoms with Gasteiger partial charge in [-0.3, -0.25) is 9.59 Å². The summed E-state index contributed by atoms with van der Waals surface area (Å²) in [4.78, 5) is 22.2. The fraction of sp³-hybridized carbons (Fsp3) is 0.800. The lowest BCUT2D eigenvalue weighted by Gasteiger charge is -2.12. The molecule has 4 heteroatoms. The summed E-state index contributed by atoms with van der Waals surface area (Å²) in [5.41, 5.74) is 0. The number of halogens is 1. The van der Waals surface area contributed by atoms with E-state index in [0.717, 1.165) is 6.92 Å². The summed E-state index contributed by atoms with van der Waals surface area (Å²) in [6.45, 7) is 6.52. The zero-order valence-corrected chi connectivity index (χ0v) is 9.04. The lowest BCUT2D eigenvalue weighted by atomic mass is 10.0. The van der Waals surface area contributed by atoms with Crippen LogP contribution in [0.25, 0.3) is 0 Å². The molecule has 0 spiro atoms. The maximum atomic E-state index is 12.5. The maximum Gasteiger partial charge on any atom is 0.316 e. The molecule has 0 bridgehead atoms. The Labute approximate surface area is 83.6 Å². The van der Waals surface area contributed by atoms with Crippen molar-refractivity contribution in [2.45, 2.75) is 33.9 Å². The molecule has 0 aliphatic heterocycles. The number of alkyl halides is 1. The fourth-order valence-electron chi connectivity index (χ4n) is 0.834. The Kier molecular flexibility index (Phi) is 5.35. The summed E-state index contributed by atoms with van der Waals surface area (Å²) < 4.78 is 17.4. The van der Waals surface area contributed by atoms with E-state index in [2.05, 4.69) is 0 Å². The number of ether oxygens (including phenoxy) is 1. The maximum absolute atomic E-state index is 12.5. The average Bonchev–Trinajstić information content (AvgIpc) is 2.11. The van der Waals surface area contributed by atoms with E-state index in [9.17, 15) is 14.0 Å². The highest BCUT2D eigenvalue weighted by Crippen LogP contribution is 2.07. The van der Waals surface area contributed by atoms with Gasteiger partial charge in [-0.1, -0.05) is 13.8 Å². The third-order valence-electron chi connectivity index (χ3n) is 1.73. The molecule has 0 rings (SSSR count). The number of hydrogen-bond acceptors (Lipinski definition) is 3. The van der Waals surface area contributed by atoms with Crippen molar-refractivity contribution in [1.29, 1.82) is 0 Å². The summed E-state index contributed by atoms with van der Waals surface area (Å²) in [6.07, 6.45) is -1.61. The van der Waals surface area contributed by atoms with Gasteiger partial charge in [0.25, 0.3) is 0 Å². The molecule has 0 amide bonds. The van der Waals surface area contributed by atoms with E-state index < -0.39 is 23.8 Å². The van der Waals surface area contributed by atoms with Gasteiger partial charge in [0.1, 0.15) is 5.92 Å². The van der Waals surface area contributed by atoms with Gasteiger partial charge in [0, 0.05) is 0 Å². The molecule has 3 nitrogen and oxygen atoms in total. The van der Waals surface area contributed by atoms with Crippen LogP contribution in [-0.2, 0) is 14.3 Å². The standard InChI is InChI=1S/C10H17FO3/c1-6(2)5-14-10(13)7(3)9(12)8(4)11/h6-8H,5H2,1-4H3. The van der Waals surface area contributed by atoms with Gasteiger partial charge in [-0.2, -0.15) is 0 Å². The molecule has 0 heterocycles. The Morgan fingerprint density at radius 3 is 2.07 bits per heavy atom. The largest absolute Gasteiger partial charge is 0.465 e. The zero-order valence-electron chi connectivity index (χ0n) is 9.04. The first kappa shape index (κ1) is 13.1. The van der Waals surface area contributed by atoms with Gasteiger partial charge in [0.15, 0.2) is 12.0 Å². The molecule has 0 fully saturated rings. The Morgan fingerprint density at radius 2 is 1.71 bits per heavy atom. The Balaban J connectivity index is 4.06. The Bertz CT molecular complexity index is 211. The van der Waals surface area contributed by atoms with E-state index in [-0.39, 0.29) is 12.5 Å². The van der Waals surface area contributed by atoms with Crippen LogP contribution in [0.3, 0.4) is 0 Å². The van der Waals surface area contributed by atoms with Crippen molar-refractivity contribution >= 4 is 11.8 Å². The minimum Gasteiger partial charge on any atom is -0.465 e. The number of esters is 1.